The van der Waals surface area contributed by atoms with Gasteiger partial charge in [-0.3, -0.25) is 9.59 Å². The Morgan fingerprint density at radius 2 is 1.46 bits per heavy atom. The molecule has 0 heterocycles. The lowest BCUT2D eigenvalue weighted by atomic mass is 9.81. The Balaban J connectivity index is 1.83. The first-order valence-electron chi connectivity index (χ1n) is 9.02. The quantitative estimate of drug-likeness (QED) is 0.862. The molecule has 1 aliphatic carbocycles. The van der Waals surface area contributed by atoms with Crippen molar-refractivity contribution in [2.24, 2.45) is 17.8 Å². The zero-order chi connectivity index (χ0) is 17.7. The van der Waals surface area contributed by atoms with E-state index in [1.54, 1.807) is 0 Å². The molecular formula is C20H30N2O2. The van der Waals surface area contributed by atoms with Crippen LogP contribution in [0.2, 0.25) is 0 Å². The SMILES string of the molecule is Cc1cc(C)cc(NC(=O)C2CCC(C(=O)NCC(C)C)CC2)c1. The van der Waals surface area contributed by atoms with Gasteiger partial charge in [-0.25, -0.2) is 0 Å². The van der Waals surface area contributed by atoms with Crippen molar-refractivity contribution in [3.63, 3.8) is 0 Å². The topological polar surface area (TPSA) is 58.2 Å². The van der Waals surface area contributed by atoms with Crippen molar-refractivity contribution in [3.8, 4) is 0 Å². The van der Waals surface area contributed by atoms with E-state index < -0.39 is 0 Å². The fraction of sp³-hybridized carbons (Fsp3) is 0.600. The fourth-order valence-electron chi connectivity index (χ4n) is 3.36. The smallest absolute Gasteiger partial charge is 0.227 e. The van der Waals surface area contributed by atoms with Crippen LogP contribution in [0.4, 0.5) is 5.69 Å². The molecule has 0 aromatic heterocycles. The third-order valence-electron chi connectivity index (χ3n) is 4.64. The van der Waals surface area contributed by atoms with E-state index in [0.29, 0.717) is 5.92 Å². The van der Waals surface area contributed by atoms with Gasteiger partial charge in [0.05, 0.1) is 0 Å². The molecule has 2 amide bonds. The highest BCUT2D eigenvalue weighted by atomic mass is 16.2. The van der Waals surface area contributed by atoms with E-state index in [9.17, 15) is 9.59 Å². The van der Waals surface area contributed by atoms with E-state index in [-0.39, 0.29) is 23.7 Å². The van der Waals surface area contributed by atoms with Crippen molar-refractivity contribution >= 4 is 17.5 Å². The molecule has 0 unspecified atom stereocenters. The molecule has 0 spiro atoms. The third kappa shape index (κ3) is 5.36. The first-order chi connectivity index (χ1) is 11.3. The summed E-state index contributed by atoms with van der Waals surface area (Å²) >= 11 is 0. The Labute approximate surface area is 145 Å². The second-order valence-electron chi connectivity index (χ2n) is 7.55. The summed E-state index contributed by atoms with van der Waals surface area (Å²) in [6.07, 6.45) is 3.18. The maximum absolute atomic E-state index is 12.5. The van der Waals surface area contributed by atoms with Gasteiger partial charge in [0.15, 0.2) is 0 Å². The number of benzene rings is 1. The molecule has 4 heteroatoms. The van der Waals surface area contributed by atoms with Crippen molar-refractivity contribution in [2.75, 3.05) is 11.9 Å². The average Bonchev–Trinajstić information content (AvgIpc) is 2.51. The normalized spacial score (nSPS) is 20.7. The molecule has 1 saturated carbocycles. The fourth-order valence-corrected chi connectivity index (χ4v) is 3.36. The third-order valence-corrected chi connectivity index (χ3v) is 4.64. The first kappa shape index (κ1) is 18.5. The van der Waals surface area contributed by atoms with E-state index in [1.165, 1.54) is 0 Å². The van der Waals surface area contributed by atoms with Crippen LogP contribution < -0.4 is 10.6 Å². The number of rotatable bonds is 5. The zero-order valence-electron chi connectivity index (χ0n) is 15.3. The summed E-state index contributed by atoms with van der Waals surface area (Å²) in [7, 11) is 0. The Bertz CT molecular complexity index is 567. The molecule has 1 aromatic carbocycles. The van der Waals surface area contributed by atoms with Gasteiger partial charge in [-0.15, -0.1) is 0 Å². The van der Waals surface area contributed by atoms with Crippen LogP contribution in [0.5, 0.6) is 0 Å². The maximum atomic E-state index is 12.5. The number of aryl methyl sites for hydroxylation is 2. The number of hydrogen-bond donors (Lipinski definition) is 2. The van der Waals surface area contributed by atoms with E-state index in [2.05, 4.69) is 30.5 Å². The minimum Gasteiger partial charge on any atom is -0.356 e. The van der Waals surface area contributed by atoms with Crippen LogP contribution in [0, 0.1) is 31.6 Å². The maximum Gasteiger partial charge on any atom is 0.227 e. The van der Waals surface area contributed by atoms with Crippen LogP contribution in [-0.2, 0) is 9.59 Å². The van der Waals surface area contributed by atoms with Crippen molar-refractivity contribution in [1.82, 2.24) is 5.32 Å². The van der Waals surface area contributed by atoms with Crippen molar-refractivity contribution in [3.05, 3.63) is 29.3 Å². The molecule has 1 fully saturated rings. The molecule has 0 aliphatic heterocycles. The molecule has 1 aliphatic rings. The second-order valence-corrected chi connectivity index (χ2v) is 7.55. The van der Waals surface area contributed by atoms with E-state index in [4.69, 9.17) is 0 Å². The molecule has 1 aromatic rings. The number of nitrogens with one attached hydrogen (secondary N) is 2. The lowest BCUT2D eigenvalue weighted by molar-refractivity contribution is -0.128. The van der Waals surface area contributed by atoms with Gasteiger partial charge in [0.1, 0.15) is 0 Å². The molecule has 132 valence electrons. The predicted octanol–water partition coefficient (Wildman–Crippen LogP) is 3.82. The minimum atomic E-state index is 0.0139. The van der Waals surface area contributed by atoms with Gasteiger partial charge in [-0.05, 0) is 68.7 Å². The Morgan fingerprint density at radius 1 is 0.958 bits per heavy atom. The number of amides is 2. The van der Waals surface area contributed by atoms with Gasteiger partial charge >= 0.3 is 0 Å². The molecule has 0 radical (unpaired) electrons. The molecule has 0 saturated heterocycles. The summed E-state index contributed by atoms with van der Waals surface area (Å²) in [5.74, 6) is 0.778. The van der Waals surface area contributed by atoms with Gasteiger partial charge < -0.3 is 10.6 Å². The van der Waals surface area contributed by atoms with Crippen molar-refractivity contribution in [1.29, 1.82) is 0 Å². The van der Waals surface area contributed by atoms with Gasteiger partial charge in [-0.2, -0.15) is 0 Å². The largest absolute Gasteiger partial charge is 0.356 e. The molecule has 24 heavy (non-hydrogen) atoms. The highest BCUT2D eigenvalue weighted by Gasteiger charge is 2.29. The van der Waals surface area contributed by atoms with Gasteiger partial charge in [0.2, 0.25) is 11.8 Å². The second kappa shape index (κ2) is 8.32. The van der Waals surface area contributed by atoms with Crippen molar-refractivity contribution < 1.29 is 9.59 Å². The monoisotopic (exact) mass is 330 g/mol. The van der Waals surface area contributed by atoms with E-state index >= 15 is 0 Å². The van der Waals surface area contributed by atoms with Gasteiger partial charge in [-0.1, -0.05) is 19.9 Å². The molecule has 4 nitrogen and oxygen atoms in total. The number of anilines is 1. The van der Waals surface area contributed by atoms with Crippen LogP contribution >= 0.6 is 0 Å². The van der Waals surface area contributed by atoms with Crippen LogP contribution in [0.3, 0.4) is 0 Å². The zero-order valence-corrected chi connectivity index (χ0v) is 15.3. The highest BCUT2D eigenvalue weighted by Crippen LogP contribution is 2.30. The molecule has 2 rings (SSSR count). The lowest BCUT2D eigenvalue weighted by Gasteiger charge is -2.27. The predicted molar refractivity (Wildman–Crippen MR) is 97.8 cm³/mol. The average molecular weight is 330 g/mol. The van der Waals surface area contributed by atoms with E-state index in [0.717, 1.165) is 49.0 Å². The number of carbonyl (C=O) groups excluding carboxylic acids is 2. The van der Waals surface area contributed by atoms with Crippen LogP contribution in [0.1, 0.15) is 50.7 Å². The van der Waals surface area contributed by atoms with Crippen molar-refractivity contribution in [2.45, 2.75) is 53.4 Å². The van der Waals surface area contributed by atoms with Gasteiger partial charge in [0.25, 0.3) is 0 Å². The molecule has 0 bridgehead atoms. The van der Waals surface area contributed by atoms with E-state index in [1.807, 2.05) is 26.0 Å². The Hall–Kier alpha value is -1.84. The molecule has 2 N–H and O–H groups in total. The summed E-state index contributed by atoms with van der Waals surface area (Å²) in [5, 5.41) is 6.05. The number of hydrogen-bond acceptors (Lipinski definition) is 2. The van der Waals surface area contributed by atoms with Crippen LogP contribution in [0.15, 0.2) is 18.2 Å². The first-order valence-corrected chi connectivity index (χ1v) is 9.02. The standard InChI is InChI=1S/C20H30N2O2/c1-13(2)12-21-19(23)16-5-7-17(8-6-16)20(24)22-18-10-14(3)9-15(4)11-18/h9-11,13,16-17H,5-8,12H2,1-4H3,(H,21,23)(H,22,24). The molecular weight excluding hydrogens is 300 g/mol. The van der Waals surface area contributed by atoms with Crippen LogP contribution in [0.25, 0.3) is 0 Å². The number of carbonyl (C=O) groups is 2. The van der Waals surface area contributed by atoms with Gasteiger partial charge in [0, 0.05) is 24.1 Å². The highest BCUT2D eigenvalue weighted by molar-refractivity contribution is 5.93. The van der Waals surface area contributed by atoms with Crippen LogP contribution in [-0.4, -0.2) is 18.4 Å². The summed E-state index contributed by atoms with van der Waals surface area (Å²) < 4.78 is 0. The Kier molecular flexibility index (Phi) is 6.41. The summed E-state index contributed by atoms with van der Waals surface area (Å²) in [5.41, 5.74) is 3.17. The summed E-state index contributed by atoms with van der Waals surface area (Å²) in [6.45, 7) is 8.97. The summed E-state index contributed by atoms with van der Waals surface area (Å²) in [6, 6.07) is 6.09. The summed E-state index contributed by atoms with van der Waals surface area (Å²) in [4.78, 5) is 24.6. The Morgan fingerprint density at radius 3 is 1.96 bits per heavy atom. The minimum absolute atomic E-state index is 0.0139. The molecule has 0 atom stereocenters. The lowest BCUT2D eigenvalue weighted by Crippen LogP contribution is -2.37.